The molecule has 0 aliphatic rings. The second-order valence-corrected chi connectivity index (χ2v) is 7.90. The van der Waals surface area contributed by atoms with E-state index in [4.69, 9.17) is 10.5 Å². The molecule has 9 nitrogen and oxygen atoms in total. The number of nitrogens with two attached hydrogens (primary N) is 1. The second-order valence-electron chi connectivity index (χ2n) is 7.90. The molecule has 0 spiro atoms. The highest BCUT2D eigenvalue weighted by atomic mass is 16.6. The van der Waals surface area contributed by atoms with Crippen LogP contribution in [0, 0.1) is 0 Å². The van der Waals surface area contributed by atoms with E-state index in [-0.39, 0.29) is 6.10 Å². The molecule has 4 aromatic rings. The molecule has 1 amide bonds. The number of nitrogens with zero attached hydrogens (tertiary/aromatic N) is 5. The van der Waals surface area contributed by atoms with E-state index in [0.717, 1.165) is 28.9 Å². The first-order valence-corrected chi connectivity index (χ1v) is 11.2. The van der Waals surface area contributed by atoms with Crippen LogP contribution < -0.4 is 16.0 Å². The summed E-state index contributed by atoms with van der Waals surface area (Å²) in [7, 11) is 1.91. The largest absolute Gasteiger partial charge is 0.442 e. The minimum Gasteiger partial charge on any atom is -0.442 e. The molecule has 0 saturated carbocycles. The van der Waals surface area contributed by atoms with E-state index in [1.807, 2.05) is 78.7 Å². The third kappa shape index (κ3) is 6.29. The van der Waals surface area contributed by atoms with Crippen LogP contribution >= 0.6 is 0 Å². The Balaban J connectivity index is 1.37. The fourth-order valence-corrected chi connectivity index (χ4v) is 3.52. The number of amides is 1. The summed E-state index contributed by atoms with van der Waals surface area (Å²) in [5.41, 5.74) is 8.06. The summed E-state index contributed by atoms with van der Waals surface area (Å²) in [5, 5.41) is 3.27. The van der Waals surface area contributed by atoms with Crippen LogP contribution in [-0.2, 0) is 11.2 Å². The zero-order chi connectivity index (χ0) is 24.6. The summed E-state index contributed by atoms with van der Waals surface area (Å²) in [4.78, 5) is 30.9. The summed E-state index contributed by atoms with van der Waals surface area (Å²) < 4.78 is 5.00. The van der Waals surface area contributed by atoms with Gasteiger partial charge in [0.15, 0.2) is 5.82 Å². The quantitative estimate of drug-likeness (QED) is 0.367. The monoisotopic (exact) mass is 469 g/mol. The molecule has 0 radical (unpaired) electrons. The summed E-state index contributed by atoms with van der Waals surface area (Å²) in [6, 6.07) is 21.4. The fourth-order valence-electron chi connectivity index (χ4n) is 3.52. The van der Waals surface area contributed by atoms with Crippen LogP contribution in [0.3, 0.4) is 0 Å². The number of benzene rings is 2. The van der Waals surface area contributed by atoms with Crippen molar-refractivity contribution in [2.75, 3.05) is 23.8 Å². The van der Waals surface area contributed by atoms with Crippen molar-refractivity contribution in [3.05, 3.63) is 90.3 Å². The summed E-state index contributed by atoms with van der Waals surface area (Å²) in [6.07, 6.45) is 3.07. The van der Waals surface area contributed by atoms with Crippen molar-refractivity contribution >= 4 is 23.7 Å². The van der Waals surface area contributed by atoms with Gasteiger partial charge in [0.2, 0.25) is 5.95 Å². The number of anilines is 3. The Kier molecular flexibility index (Phi) is 7.47. The average molecular weight is 470 g/mol. The predicted molar refractivity (Wildman–Crippen MR) is 135 cm³/mol. The summed E-state index contributed by atoms with van der Waals surface area (Å²) in [5.74, 6) is 2.64. The summed E-state index contributed by atoms with van der Waals surface area (Å²) in [6.45, 7) is 2.44. The lowest BCUT2D eigenvalue weighted by molar-refractivity contribution is 0.116. The van der Waals surface area contributed by atoms with Gasteiger partial charge in [-0.05, 0) is 36.6 Å². The van der Waals surface area contributed by atoms with Gasteiger partial charge < -0.3 is 20.7 Å². The van der Waals surface area contributed by atoms with E-state index in [9.17, 15) is 4.79 Å². The van der Waals surface area contributed by atoms with Gasteiger partial charge in [-0.3, -0.25) is 0 Å². The van der Waals surface area contributed by atoms with Gasteiger partial charge in [-0.1, -0.05) is 54.6 Å². The zero-order valence-corrected chi connectivity index (χ0v) is 19.6. The van der Waals surface area contributed by atoms with Crippen molar-refractivity contribution in [3.8, 4) is 11.4 Å². The Morgan fingerprint density at radius 2 is 1.66 bits per heavy atom. The van der Waals surface area contributed by atoms with E-state index in [0.29, 0.717) is 24.1 Å². The Morgan fingerprint density at radius 3 is 2.37 bits per heavy atom. The number of rotatable bonds is 9. The van der Waals surface area contributed by atoms with Crippen LogP contribution in [0.25, 0.3) is 11.4 Å². The maximum Gasteiger partial charge on any atom is 0.405 e. The van der Waals surface area contributed by atoms with Crippen molar-refractivity contribution < 1.29 is 9.53 Å². The van der Waals surface area contributed by atoms with Crippen molar-refractivity contribution in [1.29, 1.82) is 0 Å². The lowest BCUT2D eigenvalue weighted by Gasteiger charge is -2.18. The Bertz CT molecular complexity index is 1270. The lowest BCUT2D eigenvalue weighted by atomic mass is 10.1. The molecule has 2 aromatic carbocycles. The molecule has 9 heteroatoms. The number of carbonyl (C=O) groups is 1. The van der Waals surface area contributed by atoms with Gasteiger partial charge in [-0.15, -0.1) is 0 Å². The molecule has 2 heterocycles. The fraction of sp³-hybridized carbons (Fsp3) is 0.192. The molecule has 1 atom stereocenters. The van der Waals surface area contributed by atoms with E-state index >= 15 is 0 Å². The molecular weight excluding hydrogens is 442 g/mol. The number of carbonyl (C=O) groups excluding carboxylic acids is 1. The first kappa shape index (κ1) is 23.6. The molecule has 2 aromatic heterocycles. The zero-order valence-electron chi connectivity index (χ0n) is 19.6. The van der Waals surface area contributed by atoms with Crippen LogP contribution in [0.4, 0.5) is 22.4 Å². The van der Waals surface area contributed by atoms with E-state index < -0.39 is 6.09 Å². The number of ether oxygens (including phenoxy) is 1. The maximum absolute atomic E-state index is 10.9. The predicted octanol–water partition coefficient (Wildman–Crippen LogP) is 4.51. The third-order valence-corrected chi connectivity index (χ3v) is 5.44. The van der Waals surface area contributed by atoms with Crippen LogP contribution in [0.2, 0.25) is 0 Å². The third-order valence-electron chi connectivity index (χ3n) is 5.44. The molecule has 1 unspecified atom stereocenters. The first-order valence-electron chi connectivity index (χ1n) is 11.2. The van der Waals surface area contributed by atoms with E-state index in [2.05, 4.69) is 25.3 Å². The lowest BCUT2D eigenvalue weighted by Crippen LogP contribution is -2.16. The van der Waals surface area contributed by atoms with Crippen LogP contribution in [-0.4, -0.2) is 39.6 Å². The molecule has 0 aliphatic heterocycles. The normalized spacial score (nSPS) is 11.5. The highest BCUT2D eigenvalue weighted by Crippen LogP contribution is 2.23. The molecular formula is C26H27N7O2. The van der Waals surface area contributed by atoms with Crippen LogP contribution in [0.5, 0.6) is 0 Å². The second kappa shape index (κ2) is 11.1. The Morgan fingerprint density at radius 1 is 0.971 bits per heavy atom. The molecule has 4 rings (SSSR count). The smallest absolute Gasteiger partial charge is 0.405 e. The van der Waals surface area contributed by atoms with Gasteiger partial charge in [0.25, 0.3) is 0 Å². The molecule has 0 fully saturated rings. The molecule has 35 heavy (non-hydrogen) atoms. The van der Waals surface area contributed by atoms with Gasteiger partial charge in [-0.25, -0.2) is 19.7 Å². The highest BCUT2D eigenvalue weighted by molar-refractivity contribution is 5.65. The number of primary amides is 1. The molecule has 0 bridgehead atoms. The standard InChI is InChI=1S/C26H27N7O2/c1-18(35-25(27)34)20-10-8-19(9-11-20)12-15-29-26-30-17-14-23(32-26)33(2)22-13-16-28-24(31-22)21-6-4-3-5-7-21/h3-11,13-14,16-18H,12,15H2,1-2H3,(H2,27,34)(H,29,30,32). The average Bonchev–Trinajstić information content (AvgIpc) is 2.89. The molecule has 178 valence electrons. The van der Waals surface area contributed by atoms with Gasteiger partial charge in [0.05, 0.1) is 0 Å². The minimum absolute atomic E-state index is 0.383. The first-order chi connectivity index (χ1) is 17.0. The molecule has 0 aliphatic carbocycles. The van der Waals surface area contributed by atoms with Gasteiger partial charge in [0, 0.05) is 31.5 Å². The van der Waals surface area contributed by atoms with E-state index in [1.54, 1.807) is 19.3 Å². The maximum atomic E-state index is 10.9. The van der Waals surface area contributed by atoms with Crippen molar-refractivity contribution in [2.24, 2.45) is 5.73 Å². The summed E-state index contributed by atoms with van der Waals surface area (Å²) >= 11 is 0. The van der Waals surface area contributed by atoms with Crippen molar-refractivity contribution in [2.45, 2.75) is 19.4 Å². The highest BCUT2D eigenvalue weighted by Gasteiger charge is 2.11. The number of hydrogen-bond acceptors (Lipinski definition) is 8. The SMILES string of the molecule is CC(OC(N)=O)c1ccc(CCNc2nccc(N(C)c3ccnc(-c4ccccc4)n3)n2)cc1. The number of aromatic nitrogens is 4. The van der Waals surface area contributed by atoms with Gasteiger partial charge >= 0.3 is 6.09 Å². The van der Waals surface area contributed by atoms with Crippen LogP contribution in [0.1, 0.15) is 24.2 Å². The van der Waals surface area contributed by atoms with Crippen molar-refractivity contribution in [1.82, 2.24) is 19.9 Å². The van der Waals surface area contributed by atoms with Crippen LogP contribution in [0.15, 0.2) is 79.1 Å². The minimum atomic E-state index is -0.782. The van der Waals surface area contributed by atoms with Gasteiger partial charge in [0.1, 0.15) is 17.7 Å². The number of hydrogen-bond donors (Lipinski definition) is 2. The van der Waals surface area contributed by atoms with E-state index in [1.165, 1.54) is 0 Å². The molecule has 0 saturated heterocycles. The van der Waals surface area contributed by atoms with Crippen molar-refractivity contribution in [3.63, 3.8) is 0 Å². The Labute approximate surface area is 204 Å². The topological polar surface area (TPSA) is 119 Å². The Hall–Kier alpha value is -4.53. The molecule has 3 N–H and O–H groups in total. The number of nitrogens with one attached hydrogen (secondary N) is 1. The van der Waals surface area contributed by atoms with Gasteiger partial charge in [-0.2, -0.15) is 4.98 Å².